The molecule has 0 aliphatic carbocycles. The second kappa shape index (κ2) is 9.64. The van der Waals surface area contributed by atoms with Gasteiger partial charge in [0, 0.05) is 17.7 Å². The standard InChI is InChI=1S/C17H15IN4O6/c1-27-14-6-10(5-13(18)16(14)28-9-15(19)23)8-20-21-17(24)11-3-2-4-12(7-11)22(25)26/h2-8H,9H2,1H3,(H2,19,23)(H,21,24)/b20-8+. The number of nitrogens with two attached hydrogens (primary N) is 1. The maximum atomic E-state index is 12.1. The summed E-state index contributed by atoms with van der Waals surface area (Å²) in [5.41, 5.74) is 7.87. The first-order valence-electron chi connectivity index (χ1n) is 7.68. The van der Waals surface area contributed by atoms with Crippen molar-refractivity contribution in [3.8, 4) is 11.5 Å². The first kappa shape index (κ1) is 21.1. The quantitative estimate of drug-likeness (QED) is 0.246. The molecule has 11 heteroatoms. The molecule has 2 amide bonds. The maximum absolute atomic E-state index is 12.1. The fourth-order valence-electron chi connectivity index (χ4n) is 2.09. The molecule has 3 N–H and O–H groups in total. The summed E-state index contributed by atoms with van der Waals surface area (Å²) in [7, 11) is 1.44. The number of primary amides is 1. The SMILES string of the molecule is COc1cc(/C=N/NC(=O)c2cccc([N+](=O)[O-])c2)cc(I)c1OCC(N)=O. The lowest BCUT2D eigenvalue weighted by Gasteiger charge is -2.12. The predicted molar refractivity (Wildman–Crippen MR) is 109 cm³/mol. The zero-order valence-electron chi connectivity index (χ0n) is 14.5. The van der Waals surface area contributed by atoms with Crippen LogP contribution in [0.4, 0.5) is 5.69 Å². The van der Waals surface area contributed by atoms with Crippen molar-refractivity contribution in [3.63, 3.8) is 0 Å². The summed E-state index contributed by atoms with van der Waals surface area (Å²) in [6.45, 7) is -0.293. The Hall–Kier alpha value is -3.22. The van der Waals surface area contributed by atoms with Gasteiger partial charge in [-0.3, -0.25) is 19.7 Å². The molecule has 0 aliphatic heterocycles. The van der Waals surface area contributed by atoms with E-state index in [2.05, 4.69) is 10.5 Å². The van der Waals surface area contributed by atoms with Crippen LogP contribution in [0.15, 0.2) is 41.5 Å². The smallest absolute Gasteiger partial charge is 0.271 e. The summed E-state index contributed by atoms with van der Waals surface area (Å²) in [6, 6.07) is 8.59. The highest BCUT2D eigenvalue weighted by molar-refractivity contribution is 14.1. The number of nitrogens with one attached hydrogen (secondary N) is 1. The molecule has 0 saturated carbocycles. The van der Waals surface area contributed by atoms with Gasteiger partial charge in [0.1, 0.15) is 0 Å². The number of nitro groups is 1. The van der Waals surface area contributed by atoms with Gasteiger partial charge in [-0.25, -0.2) is 5.43 Å². The zero-order chi connectivity index (χ0) is 20.7. The van der Waals surface area contributed by atoms with E-state index in [1.165, 1.54) is 31.5 Å². The largest absolute Gasteiger partial charge is 0.493 e. The lowest BCUT2D eigenvalue weighted by Crippen LogP contribution is -2.20. The van der Waals surface area contributed by atoms with Crippen molar-refractivity contribution in [2.75, 3.05) is 13.7 Å². The van der Waals surface area contributed by atoms with E-state index in [0.717, 1.165) is 6.07 Å². The van der Waals surface area contributed by atoms with Crippen LogP contribution in [0.1, 0.15) is 15.9 Å². The van der Waals surface area contributed by atoms with Crippen molar-refractivity contribution in [1.82, 2.24) is 5.43 Å². The average Bonchev–Trinajstić information content (AvgIpc) is 2.66. The summed E-state index contributed by atoms with van der Waals surface area (Å²) in [5.74, 6) is -0.491. The first-order chi connectivity index (χ1) is 13.3. The second-order valence-electron chi connectivity index (χ2n) is 5.30. The number of non-ortho nitro benzene ring substituents is 1. The van der Waals surface area contributed by atoms with Crippen molar-refractivity contribution >= 4 is 46.3 Å². The molecule has 0 aliphatic rings. The summed E-state index contributed by atoms with van der Waals surface area (Å²) in [6.07, 6.45) is 1.37. The molecule has 0 fully saturated rings. The van der Waals surface area contributed by atoms with Crippen LogP contribution < -0.4 is 20.6 Å². The van der Waals surface area contributed by atoms with E-state index in [9.17, 15) is 19.7 Å². The topological polar surface area (TPSA) is 146 Å². The molecule has 0 saturated heterocycles. The molecule has 2 aromatic rings. The number of benzene rings is 2. The Morgan fingerprint density at radius 2 is 2.11 bits per heavy atom. The molecule has 0 radical (unpaired) electrons. The Morgan fingerprint density at radius 3 is 2.75 bits per heavy atom. The third-order valence-electron chi connectivity index (χ3n) is 3.31. The number of ether oxygens (including phenoxy) is 2. The predicted octanol–water partition coefficient (Wildman–Crippen LogP) is 1.84. The van der Waals surface area contributed by atoms with Crippen LogP contribution in [0.2, 0.25) is 0 Å². The molecule has 2 rings (SSSR count). The Labute approximate surface area is 173 Å². The number of nitro benzene ring substituents is 1. The van der Waals surface area contributed by atoms with E-state index < -0.39 is 16.7 Å². The summed E-state index contributed by atoms with van der Waals surface area (Å²) in [5, 5.41) is 14.6. The van der Waals surface area contributed by atoms with Gasteiger partial charge in [-0.1, -0.05) is 6.07 Å². The lowest BCUT2D eigenvalue weighted by atomic mass is 10.2. The van der Waals surface area contributed by atoms with Gasteiger partial charge < -0.3 is 15.2 Å². The maximum Gasteiger partial charge on any atom is 0.271 e. The molecule has 0 unspecified atom stereocenters. The zero-order valence-corrected chi connectivity index (χ0v) is 16.7. The number of hydrogen-bond donors (Lipinski definition) is 2. The van der Waals surface area contributed by atoms with E-state index in [-0.39, 0.29) is 17.9 Å². The Morgan fingerprint density at radius 1 is 1.36 bits per heavy atom. The van der Waals surface area contributed by atoms with E-state index in [4.69, 9.17) is 15.2 Å². The van der Waals surface area contributed by atoms with Crippen LogP contribution in [-0.4, -0.2) is 36.7 Å². The Bertz CT molecular complexity index is 947. The molecule has 10 nitrogen and oxygen atoms in total. The van der Waals surface area contributed by atoms with Gasteiger partial charge in [0.05, 0.1) is 21.8 Å². The number of amides is 2. The van der Waals surface area contributed by atoms with Gasteiger partial charge in [-0.2, -0.15) is 5.10 Å². The number of hydrogen-bond acceptors (Lipinski definition) is 7. The number of carbonyl (C=O) groups excluding carboxylic acids is 2. The van der Waals surface area contributed by atoms with E-state index in [0.29, 0.717) is 20.6 Å². The molecule has 0 atom stereocenters. The van der Waals surface area contributed by atoms with Gasteiger partial charge in [0.15, 0.2) is 18.1 Å². The lowest BCUT2D eigenvalue weighted by molar-refractivity contribution is -0.384. The third-order valence-corrected chi connectivity index (χ3v) is 4.11. The average molecular weight is 498 g/mol. The number of carbonyl (C=O) groups is 2. The summed E-state index contributed by atoms with van der Waals surface area (Å²) < 4.78 is 11.2. The Kier molecular flexibility index (Phi) is 7.26. The van der Waals surface area contributed by atoms with Crippen LogP contribution in [0.25, 0.3) is 0 Å². The van der Waals surface area contributed by atoms with Crippen LogP contribution in [0.5, 0.6) is 11.5 Å². The summed E-state index contributed by atoms with van der Waals surface area (Å²) in [4.78, 5) is 33.1. The molecule has 146 valence electrons. The van der Waals surface area contributed by atoms with Crippen molar-refractivity contribution in [1.29, 1.82) is 0 Å². The molecule has 0 spiro atoms. The van der Waals surface area contributed by atoms with Gasteiger partial charge in [-0.05, 0) is 46.4 Å². The van der Waals surface area contributed by atoms with Gasteiger partial charge in [-0.15, -0.1) is 0 Å². The van der Waals surface area contributed by atoms with E-state index >= 15 is 0 Å². The molecule has 2 aromatic carbocycles. The van der Waals surface area contributed by atoms with Crippen molar-refractivity contribution in [3.05, 3.63) is 61.2 Å². The van der Waals surface area contributed by atoms with Crippen molar-refractivity contribution in [2.45, 2.75) is 0 Å². The Balaban J connectivity index is 2.12. The monoisotopic (exact) mass is 498 g/mol. The fraction of sp³-hybridized carbons (Fsp3) is 0.118. The van der Waals surface area contributed by atoms with Crippen molar-refractivity contribution in [2.24, 2.45) is 10.8 Å². The number of rotatable bonds is 8. The minimum absolute atomic E-state index is 0.105. The van der Waals surface area contributed by atoms with Crippen LogP contribution in [0.3, 0.4) is 0 Å². The molecule has 0 heterocycles. The highest BCUT2D eigenvalue weighted by atomic mass is 127. The van der Waals surface area contributed by atoms with Crippen LogP contribution >= 0.6 is 22.6 Å². The fourth-order valence-corrected chi connectivity index (χ4v) is 2.87. The normalized spacial score (nSPS) is 10.5. The molecular formula is C17H15IN4O6. The highest BCUT2D eigenvalue weighted by Crippen LogP contribution is 2.33. The second-order valence-corrected chi connectivity index (χ2v) is 6.46. The first-order valence-corrected chi connectivity index (χ1v) is 8.76. The van der Waals surface area contributed by atoms with Gasteiger partial charge in [0.2, 0.25) is 0 Å². The minimum Gasteiger partial charge on any atom is -0.493 e. The number of methoxy groups -OCH3 is 1. The molecule has 28 heavy (non-hydrogen) atoms. The highest BCUT2D eigenvalue weighted by Gasteiger charge is 2.13. The molecule has 0 bridgehead atoms. The number of halogens is 1. The van der Waals surface area contributed by atoms with E-state index in [1.807, 2.05) is 22.6 Å². The van der Waals surface area contributed by atoms with E-state index in [1.54, 1.807) is 12.1 Å². The number of hydrazone groups is 1. The van der Waals surface area contributed by atoms with Gasteiger partial charge in [0.25, 0.3) is 17.5 Å². The van der Waals surface area contributed by atoms with Gasteiger partial charge >= 0.3 is 0 Å². The molecular weight excluding hydrogens is 483 g/mol. The van der Waals surface area contributed by atoms with Crippen LogP contribution in [0, 0.1) is 13.7 Å². The number of nitrogens with zero attached hydrogens (tertiary/aromatic N) is 2. The molecule has 0 aromatic heterocycles. The van der Waals surface area contributed by atoms with Crippen LogP contribution in [-0.2, 0) is 4.79 Å². The minimum atomic E-state index is -0.618. The van der Waals surface area contributed by atoms with Crippen molar-refractivity contribution < 1.29 is 24.0 Å². The third kappa shape index (κ3) is 5.64. The summed E-state index contributed by atoms with van der Waals surface area (Å²) >= 11 is 2.00.